The summed E-state index contributed by atoms with van der Waals surface area (Å²) in [5.74, 6) is 0.604. The van der Waals surface area contributed by atoms with Crippen LogP contribution in [0.2, 0.25) is 0 Å². The van der Waals surface area contributed by atoms with Gasteiger partial charge in [-0.2, -0.15) is 0 Å². The first-order valence-corrected chi connectivity index (χ1v) is 6.72. The lowest BCUT2D eigenvalue weighted by Crippen LogP contribution is -2.54. The Bertz CT molecular complexity index is 244. The molecule has 17 heavy (non-hydrogen) atoms. The van der Waals surface area contributed by atoms with Gasteiger partial charge in [0.1, 0.15) is 0 Å². The van der Waals surface area contributed by atoms with Gasteiger partial charge >= 0.3 is 0 Å². The van der Waals surface area contributed by atoms with Crippen molar-refractivity contribution in [2.45, 2.75) is 52.1 Å². The van der Waals surface area contributed by atoms with E-state index in [4.69, 9.17) is 5.11 Å². The summed E-state index contributed by atoms with van der Waals surface area (Å²) in [5, 5.41) is 12.2. The zero-order valence-corrected chi connectivity index (χ0v) is 11.3. The Morgan fingerprint density at radius 3 is 2.76 bits per heavy atom. The molecule has 0 bridgehead atoms. The van der Waals surface area contributed by atoms with Crippen LogP contribution < -0.4 is 5.32 Å². The molecule has 1 amide bonds. The van der Waals surface area contributed by atoms with Gasteiger partial charge in [0.2, 0.25) is 5.91 Å². The summed E-state index contributed by atoms with van der Waals surface area (Å²) in [5.41, 5.74) is 0. The van der Waals surface area contributed by atoms with Crippen LogP contribution in [0.1, 0.15) is 40.0 Å². The van der Waals surface area contributed by atoms with E-state index < -0.39 is 0 Å². The number of hydrogen-bond acceptors (Lipinski definition) is 3. The molecule has 0 aromatic rings. The van der Waals surface area contributed by atoms with Crippen molar-refractivity contribution >= 4 is 5.91 Å². The van der Waals surface area contributed by atoms with Crippen molar-refractivity contribution in [1.29, 1.82) is 0 Å². The fourth-order valence-corrected chi connectivity index (χ4v) is 2.42. The number of aliphatic hydroxyl groups excluding tert-OH is 1. The molecule has 1 saturated heterocycles. The zero-order chi connectivity index (χ0) is 12.8. The summed E-state index contributed by atoms with van der Waals surface area (Å²) in [6, 6.07) is 0.162. The number of rotatable bonds is 5. The smallest absolute Gasteiger partial charge is 0.240 e. The summed E-state index contributed by atoms with van der Waals surface area (Å²) in [6.45, 7) is 7.93. The van der Waals surface area contributed by atoms with E-state index in [0.717, 1.165) is 19.4 Å². The first-order valence-electron chi connectivity index (χ1n) is 6.72. The summed E-state index contributed by atoms with van der Waals surface area (Å²) in [7, 11) is 0. The molecule has 2 unspecified atom stereocenters. The summed E-state index contributed by atoms with van der Waals surface area (Å²) in [6.07, 6.45) is 2.93. The fraction of sp³-hybridized carbons (Fsp3) is 0.923. The van der Waals surface area contributed by atoms with Crippen LogP contribution in [-0.2, 0) is 4.79 Å². The second kappa shape index (κ2) is 6.97. The van der Waals surface area contributed by atoms with E-state index >= 15 is 0 Å². The van der Waals surface area contributed by atoms with Gasteiger partial charge in [0.05, 0.1) is 6.04 Å². The Hall–Kier alpha value is -0.610. The van der Waals surface area contributed by atoms with Gasteiger partial charge < -0.3 is 15.3 Å². The molecule has 4 heteroatoms. The summed E-state index contributed by atoms with van der Waals surface area (Å²) in [4.78, 5) is 14.3. The number of piperidine rings is 1. The third-order valence-corrected chi connectivity index (χ3v) is 3.50. The molecule has 4 nitrogen and oxygen atoms in total. The van der Waals surface area contributed by atoms with Gasteiger partial charge in [-0.1, -0.05) is 6.92 Å². The predicted molar refractivity (Wildman–Crippen MR) is 68.7 cm³/mol. The molecule has 1 fully saturated rings. The number of nitrogens with zero attached hydrogens (tertiary/aromatic N) is 1. The molecule has 0 spiro atoms. The van der Waals surface area contributed by atoms with Crippen LogP contribution in [0.3, 0.4) is 0 Å². The standard InChI is InChI=1S/C13H26N2O2/c1-10(2)15(8-5-9-16)13(17)12-11(3)6-4-7-14-12/h10-12,14,16H,4-9H2,1-3H3. The van der Waals surface area contributed by atoms with Crippen molar-refractivity contribution in [3.8, 4) is 0 Å². The van der Waals surface area contributed by atoms with Gasteiger partial charge in [0.15, 0.2) is 0 Å². The van der Waals surface area contributed by atoms with E-state index in [1.807, 2.05) is 18.7 Å². The SMILES string of the molecule is CC1CCCNC1C(=O)N(CCCO)C(C)C. The number of carbonyl (C=O) groups excluding carboxylic acids is 1. The monoisotopic (exact) mass is 242 g/mol. The van der Waals surface area contributed by atoms with E-state index in [1.165, 1.54) is 0 Å². The van der Waals surface area contributed by atoms with Gasteiger partial charge in [-0.25, -0.2) is 0 Å². The molecule has 0 aromatic heterocycles. The van der Waals surface area contributed by atoms with Crippen molar-refractivity contribution < 1.29 is 9.90 Å². The highest BCUT2D eigenvalue weighted by Crippen LogP contribution is 2.18. The van der Waals surface area contributed by atoms with E-state index in [1.54, 1.807) is 0 Å². The first-order chi connectivity index (χ1) is 8.07. The number of aliphatic hydroxyl groups is 1. The summed E-state index contributed by atoms with van der Waals surface area (Å²) < 4.78 is 0. The lowest BCUT2D eigenvalue weighted by molar-refractivity contribution is -0.137. The Kier molecular flexibility index (Phi) is 5.92. The van der Waals surface area contributed by atoms with Crippen LogP contribution in [0.4, 0.5) is 0 Å². The van der Waals surface area contributed by atoms with Gasteiger partial charge in [-0.3, -0.25) is 4.79 Å². The molecule has 0 aliphatic carbocycles. The number of hydrogen-bond donors (Lipinski definition) is 2. The van der Waals surface area contributed by atoms with E-state index in [-0.39, 0.29) is 24.6 Å². The molecule has 1 rings (SSSR count). The third-order valence-electron chi connectivity index (χ3n) is 3.50. The van der Waals surface area contributed by atoms with Crippen molar-refractivity contribution in [3.05, 3.63) is 0 Å². The van der Waals surface area contributed by atoms with Crippen molar-refractivity contribution in [1.82, 2.24) is 10.2 Å². The molecule has 100 valence electrons. The van der Waals surface area contributed by atoms with Crippen molar-refractivity contribution in [2.75, 3.05) is 19.7 Å². The van der Waals surface area contributed by atoms with Crippen LogP contribution in [0.25, 0.3) is 0 Å². The topological polar surface area (TPSA) is 52.6 Å². The van der Waals surface area contributed by atoms with Crippen LogP contribution in [0.5, 0.6) is 0 Å². The second-order valence-corrected chi connectivity index (χ2v) is 5.25. The molecular weight excluding hydrogens is 216 g/mol. The third kappa shape index (κ3) is 3.96. The molecular formula is C13H26N2O2. The highest BCUT2D eigenvalue weighted by Gasteiger charge is 2.31. The molecule has 2 atom stereocenters. The fourth-order valence-electron chi connectivity index (χ4n) is 2.42. The minimum absolute atomic E-state index is 0.0372. The number of carbonyl (C=O) groups is 1. The summed E-state index contributed by atoms with van der Waals surface area (Å²) >= 11 is 0. The van der Waals surface area contributed by atoms with Crippen LogP contribution >= 0.6 is 0 Å². The van der Waals surface area contributed by atoms with E-state index in [9.17, 15) is 4.79 Å². The van der Waals surface area contributed by atoms with E-state index in [2.05, 4.69) is 12.2 Å². The molecule has 0 radical (unpaired) electrons. The molecule has 0 aromatic carbocycles. The predicted octanol–water partition coefficient (Wildman–Crippen LogP) is 0.994. The highest BCUT2D eigenvalue weighted by atomic mass is 16.3. The van der Waals surface area contributed by atoms with E-state index in [0.29, 0.717) is 18.9 Å². The Morgan fingerprint density at radius 2 is 2.24 bits per heavy atom. The largest absolute Gasteiger partial charge is 0.396 e. The van der Waals surface area contributed by atoms with Gasteiger partial charge in [0.25, 0.3) is 0 Å². The quantitative estimate of drug-likeness (QED) is 0.756. The van der Waals surface area contributed by atoms with Crippen molar-refractivity contribution in [2.24, 2.45) is 5.92 Å². The average Bonchev–Trinajstić information content (AvgIpc) is 2.29. The first kappa shape index (κ1) is 14.5. The van der Waals surface area contributed by atoms with Crippen molar-refractivity contribution in [3.63, 3.8) is 0 Å². The minimum Gasteiger partial charge on any atom is -0.396 e. The molecule has 1 aliphatic rings. The lowest BCUT2D eigenvalue weighted by atomic mass is 9.91. The van der Waals surface area contributed by atoms with Crippen LogP contribution in [-0.4, -0.2) is 47.7 Å². The second-order valence-electron chi connectivity index (χ2n) is 5.25. The highest BCUT2D eigenvalue weighted by molar-refractivity contribution is 5.82. The Balaban J connectivity index is 2.62. The van der Waals surface area contributed by atoms with Gasteiger partial charge in [-0.05, 0) is 45.6 Å². The van der Waals surface area contributed by atoms with Crippen LogP contribution in [0.15, 0.2) is 0 Å². The molecule has 2 N–H and O–H groups in total. The maximum atomic E-state index is 12.4. The Labute approximate surface area is 104 Å². The lowest BCUT2D eigenvalue weighted by Gasteiger charge is -2.35. The molecule has 0 saturated carbocycles. The van der Waals surface area contributed by atoms with Crippen LogP contribution in [0, 0.1) is 5.92 Å². The average molecular weight is 242 g/mol. The minimum atomic E-state index is -0.0372. The number of amides is 1. The maximum Gasteiger partial charge on any atom is 0.240 e. The Morgan fingerprint density at radius 1 is 1.53 bits per heavy atom. The zero-order valence-electron chi connectivity index (χ0n) is 11.3. The van der Waals surface area contributed by atoms with Gasteiger partial charge in [-0.15, -0.1) is 0 Å². The van der Waals surface area contributed by atoms with Gasteiger partial charge in [0, 0.05) is 19.2 Å². The normalized spacial score (nSPS) is 25.0. The molecule has 1 aliphatic heterocycles. The maximum absolute atomic E-state index is 12.4. The number of nitrogens with one attached hydrogen (secondary N) is 1. The molecule has 1 heterocycles.